The topological polar surface area (TPSA) is 64.6 Å². The standard InChI is InChI=1S/C18H17Cl2NO4/c1-11(17(22)21-16-10-13(19)8-9-15(16)20)25-18(23)12(2)24-14-6-4-3-5-7-14/h3-12H,1-2H3,(H,21,22). The van der Waals surface area contributed by atoms with Crippen molar-refractivity contribution in [1.29, 1.82) is 0 Å². The zero-order valence-electron chi connectivity index (χ0n) is 13.7. The third-order valence-electron chi connectivity index (χ3n) is 3.24. The van der Waals surface area contributed by atoms with Gasteiger partial charge in [0, 0.05) is 5.02 Å². The van der Waals surface area contributed by atoms with Crippen LogP contribution in [0.4, 0.5) is 5.69 Å². The summed E-state index contributed by atoms with van der Waals surface area (Å²) in [5, 5.41) is 3.33. The van der Waals surface area contributed by atoms with Gasteiger partial charge in [-0.25, -0.2) is 4.79 Å². The number of halogens is 2. The van der Waals surface area contributed by atoms with Gasteiger partial charge in [0.15, 0.2) is 12.2 Å². The van der Waals surface area contributed by atoms with Gasteiger partial charge in [-0.05, 0) is 44.2 Å². The van der Waals surface area contributed by atoms with E-state index in [1.165, 1.54) is 13.0 Å². The van der Waals surface area contributed by atoms with E-state index in [1.807, 2.05) is 6.07 Å². The minimum Gasteiger partial charge on any atom is -0.479 e. The highest BCUT2D eigenvalue weighted by molar-refractivity contribution is 6.35. The predicted molar refractivity (Wildman–Crippen MR) is 97.2 cm³/mol. The van der Waals surface area contributed by atoms with Crippen LogP contribution in [-0.2, 0) is 14.3 Å². The van der Waals surface area contributed by atoms with Gasteiger partial charge in [0.05, 0.1) is 10.7 Å². The minimum atomic E-state index is -1.02. The van der Waals surface area contributed by atoms with Crippen LogP contribution in [0.3, 0.4) is 0 Å². The molecule has 2 aromatic rings. The third kappa shape index (κ3) is 5.66. The molecule has 25 heavy (non-hydrogen) atoms. The van der Waals surface area contributed by atoms with Crippen LogP contribution in [0.25, 0.3) is 0 Å². The third-order valence-corrected chi connectivity index (χ3v) is 3.80. The maximum absolute atomic E-state index is 12.2. The fourth-order valence-corrected chi connectivity index (χ4v) is 2.24. The lowest BCUT2D eigenvalue weighted by Gasteiger charge is -2.18. The first-order valence-electron chi connectivity index (χ1n) is 7.55. The highest BCUT2D eigenvalue weighted by Crippen LogP contribution is 2.25. The number of para-hydroxylation sites is 1. The second kappa shape index (κ2) is 8.74. The van der Waals surface area contributed by atoms with Crippen molar-refractivity contribution >= 4 is 40.8 Å². The molecule has 0 saturated heterocycles. The molecule has 2 unspecified atom stereocenters. The van der Waals surface area contributed by atoms with Crippen LogP contribution < -0.4 is 10.1 Å². The maximum atomic E-state index is 12.2. The SMILES string of the molecule is CC(OC(=O)C(C)Oc1ccccc1)C(=O)Nc1cc(Cl)ccc1Cl. The normalized spacial score (nSPS) is 12.8. The molecule has 1 N–H and O–H groups in total. The Morgan fingerprint density at radius 3 is 2.36 bits per heavy atom. The van der Waals surface area contributed by atoms with E-state index in [0.717, 1.165) is 0 Å². The van der Waals surface area contributed by atoms with Crippen molar-refractivity contribution in [2.24, 2.45) is 0 Å². The number of anilines is 1. The smallest absolute Gasteiger partial charge is 0.347 e. The van der Waals surface area contributed by atoms with E-state index in [0.29, 0.717) is 21.5 Å². The zero-order valence-corrected chi connectivity index (χ0v) is 15.2. The number of carbonyl (C=O) groups excluding carboxylic acids is 2. The molecule has 132 valence electrons. The van der Waals surface area contributed by atoms with Gasteiger partial charge in [0.25, 0.3) is 5.91 Å². The molecule has 2 atom stereocenters. The summed E-state index contributed by atoms with van der Waals surface area (Å²) >= 11 is 11.9. The zero-order chi connectivity index (χ0) is 18.4. The molecule has 0 aliphatic heterocycles. The summed E-state index contributed by atoms with van der Waals surface area (Å²) in [6.07, 6.45) is -1.88. The summed E-state index contributed by atoms with van der Waals surface area (Å²) in [5.41, 5.74) is 0.343. The average molecular weight is 382 g/mol. The summed E-state index contributed by atoms with van der Waals surface area (Å²) in [7, 11) is 0. The van der Waals surface area contributed by atoms with Crippen LogP contribution in [0.5, 0.6) is 5.75 Å². The van der Waals surface area contributed by atoms with E-state index in [4.69, 9.17) is 32.7 Å². The van der Waals surface area contributed by atoms with Crippen LogP contribution in [0.15, 0.2) is 48.5 Å². The molecular formula is C18H17Cl2NO4. The Morgan fingerprint density at radius 1 is 1.00 bits per heavy atom. The summed E-state index contributed by atoms with van der Waals surface area (Å²) in [6, 6.07) is 13.5. The van der Waals surface area contributed by atoms with Gasteiger partial charge in [-0.1, -0.05) is 41.4 Å². The number of benzene rings is 2. The molecule has 0 spiro atoms. The molecule has 1 amide bonds. The molecule has 0 bridgehead atoms. The van der Waals surface area contributed by atoms with Gasteiger partial charge in [-0.2, -0.15) is 0 Å². The quantitative estimate of drug-likeness (QED) is 0.756. The van der Waals surface area contributed by atoms with E-state index in [-0.39, 0.29) is 0 Å². The molecule has 0 saturated carbocycles. The Hall–Kier alpha value is -2.24. The first kappa shape index (κ1) is 19.1. The highest BCUT2D eigenvalue weighted by Gasteiger charge is 2.23. The number of rotatable bonds is 6. The summed E-state index contributed by atoms with van der Waals surface area (Å²) in [5.74, 6) is -0.636. The number of amides is 1. The molecule has 7 heteroatoms. The van der Waals surface area contributed by atoms with E-state index < -0.39 is 24.1 Å². The highest BCUT2D eigenvalue weighted by atomic mass is 35.5. The Kier molecular flexibility index (Phi) is 6.67. The second-order valence-electron chi connectivity index (χ2n) is 5.27. The van der Waals surface area contributed by atoms with Gasteiger partial charge in [-0.15, -0.1) is 0 Å². The minimum absolute atomic E-state index is 0.331. The van der Waals surface area contributed by atoms with Gasteiger partial charge in [0.2, 0.25) is 0 Å². The second-order valence-corrected chi connectivity index (χ2v) is 6.11. The van der Waals surface area contributed by atoms with Crippen molar-refractivity contribution in [3.63, 3.8) is 0 Å². The summed E-state index contributed by atoms with van der Waals surface area (Å²) in [6.45, 7) is 3.01. The fourth-order valence-electron chi connectivity index (χ4n) is 1.90. The number of nitrogens with one attached hydrogen (secondary N) is 1. The number of carbonyl (C=O) groups is 2. The molecular weight excluding hydrogens is 365 g/mol. The van der Waals surface area contributed by atoms with Crippen molar-refractivity contribution in [3.8, 4) is 5.75 Å². The molecule has 0 heterocycles. The van der Waals surface area contributed by atoms with Gasteiger partial charge in [0.1, 0.15) is 5.75 Å². The van der Waals surface area contributed by atoms with Gasteiger partial charge in [-0.3, -0.25) is 4.79 Å². The van der Waals surface area contributed by atoms with Crippen molar-refractivity contribution in [1.82, 2.24) is 0 Å². The van der Waals surface area contributed by atoms with Crippen LogP contribution >= 0.6 is 23.2 Å². The van der Waals surface area contributed by atoms with Crippen LogP contribution in [0, 0.1) is 0 Å². The predicted octanol–water partition coefficient (Wildman–Crippen LogP) is 4.33. The molecule has 0 fully saturated rings. The molecule has 5 nitrogen and oxygen atoms in total. The van der Waals surface area contributed by atoms with Gasteiger partial charge < -0.3 is 14.8 Å². The fraction of sp³-hybridized carbons (Fsp3) is 0.222. The molecule has 0 aliphatic carbocycles. The van der Waals surface area contributed by atoms with Crippen LogP contribution in [-0.4, -0.2) is 24.1 Å². The summed E-state index contributed by atoms with van der Waals surface area (Å²) in [4.78, 5) is 24.2. The molecule has 2 rings (SSSR count). The number of esters is 1. The Morgan fingerprint density at radius 2 is 1.68 bits per heavy atom. The van der Waals surface area contributed by atoms with E-state index in [2.05, 4.69) is 5.32 Å². The molecule has 0 aliphatic rings. The lowest BCUT2D eigenvalue weighted by atomic mass is 10.3. The van der Waals surface area contributed by atoms with Gasteiger partial charge >= 0.3 is 5.97 Å². The first-order valence-corrected chi connectivity index (χ1v) is 8.30. The van der Waals surface area contributed by atoms with E-state index in [9.17, 15) is 9.59 Å². The Balaban J connectivity index is 1.91. The lowest BCUT2D eigenvalue weighted by molar-refractivity contribution is -0.159. The maximum Gasteiger partial charge on any atom is 0.347 e. The number of hydrogen-bond acceptors (Lipinski definition) is 4. The first-order chi connectivity index (χ1) is 11.9. The lowest BCUT2D eigenvalue weighted by Crippen LogP contribution is -2.35. The number of ether oxygens (including phenoxy) is 2. The van der Waals surface area contributed by atoms with Crippen molar-refractivity contribution < 1.29 is 19.1 Å². The number of hydrogen-bond donors (Lipinski definition) is 1. The van der Waals surface area contributed by atoms with Crippen LogP contribution in [0.1, 0.15) is 13.8 Å². The van der Waals surface area contributed by atoms with Crippen LogP contribution in [0.2, 0.25) is 10.0 Å². The summed E-state index contributed by atoms with van der Waals surface area (Å²) < 4.78 is 10.6. The Labute approximate surface area is 155 Å². The van der Waals surface area contributed by atoms with Crippen molar-refractivity contribution in [2.45, 2.75) is 26.1 Å². The van der Waals surface area contributed by atoms with Crippen molar-refractivity contribution in [2.75, 3.05) is 5.32 Å². The average Bonchev–Trinajstić information content (AvgIpc) is 2.58. The molecule has 2 aromatic carbocycles. The Bertz CT molecular complexity index is 752. The monoisotopic (exact) mass is 381 g/mol. The van der Waals surface area contributed by atoms with Crippen molar-refractivity contribution in [3.05, 3.63) is 58.6 Å². The van der Waals surface area contributed by atoms with E-state index in [1.54, 1.807) is 43.3 Å². The molecule has 0 radical (unpaired) electrons. The largest absolute Gasteiger partial charge is 0.479 e. The van der Waals surface area contributed by atoms with E-state index >= 15 is 0 Å². The molecule has 0 aromatic heterocycles.